The molecule has 0 radical (unpaired) electrons. The largest absolute Gasteiger partial charge is 0.309 e. The number of likely N-dealkylation sites (N-methyl/N-ethyl adjacent to an activating group) is 1. The molecule has 0 atom stereocenters. The van der Waals surface area contributed by atoms with Crippen LogP contribution in [0.4, 0.5) is 0 Å². The van der Waals surface area contributed by atoms with Gasteiger partial charge >= 0.3 is 0 Å². The molecule has 15 heavy (non-hydrogen) atoms. The molecule has 1 aromatic heterocycles. The summed E-state index contributed by atoms with van der Waals surface area (Å²) in [5, 5.41) is 6.65. The van der Waals surface area contributed by atoms with Crippen LogP contribution in [0.2, 0.25) is 0 Å². The molecule has 4 nitrogen and oxygen atoms in total. The van der Waals surface area contributed by atoms with Crippen LogP contribution in [0.5, 0.6) is 0 Å². The molecule has 0 bridgehead atoms. The predicted octanol–water partition coefficient (Wildman–Crippen LogP) is 0.751. The first kappa shape index (κ1) is 10.4. The number of H-pyrrole nitrogens is 1. The van der Waals surface area contributed by atoms with Gasteiger partial charge in [0.05, 0.1) is 5.69 Å². The Balaban J connectivity index is 2.11. The molecule has 4 heteroatoms. The summed E-state index contributed by atoms with van der Waals surface area (Å²) in [6, 6.07) is 1.97. The van der Waals surface area contributed by atoms with Crippen molar-refractivity contribution >= 4 is 0 Å². The van der Waals surface area contributed by atoms with Crippen LogP contribution in [-0.4, -0.2) is 35.7 Å². The third-order valence-corrected chi connectivity index (χ3v) is 2.72. The van der Waals surface area contributed by atoms with E-state index in [9.17, 15) is 4.79 Å². The topological polar surface area (TPSA) is 49.0 Å². The van der Waals surface area contributed by atoms with Crippen molar-refractivity contribution in [2.24, 2.45) is 0 Å². The van der Waals surface area contributed by atoms with Gasteiger partial charge in [0.15, 0.2) is 0 Å². The van der Waals surface area contributed by atoms with Gasteiger partial charge in [-0.1, -0.05) is 0 Å². The second kappa shape index (κ2) is 4.14. The predicted molar refractivity (Wildman–Crippen MR) is 59.1 cm³/mol. The number of nitrogens with one attached hydrogen (secondary N) is 1. The summed E-state index contributed by atoms with van der Waals surface area (Å²) < 4.78 is 0. The van der Waals surface area contributed by atoms with Crippen molar-refractivity contribution in [3.63, 3.8) is 0 Å². The summed E-state index contributed by atoms with van der Waals surface area (Å²) in [5.41, 5.74) is 1.91. The zero-order valence-electron chi connectivity index (χ0n) is 9.29. The highest BCUT2D eigenvalue weighted by Gasteiger charge is 2.26. The molecule has 0 aromatic carbocycles. The van der Waals surface area contributed by atoms with E-state index in [1.165, 1.54) is 0 Å². The highest BCUT2D eigenvalue weighted by atomic mass is 16.1. The lowest BCUT2D eigenvalue weighted by atomic mass is 10.1. The monoisotopic (exact) mass is 207 g/mol. The van der Waals surface area contributed by atoms with Crippen LogP contribution in [-0.2, 0) is 6.42 Å². The summed E-state index contributed by atoms with van der Waals surface area (Å²) in [7, 11) is 4.07. The molecule has 1 N–H and O–H groups in total. The Labute approximate surface area is 89.3 Å². The lowest BCUT2D eigenvalue weighted by molar-refractivity contribution is 0.411. The van der Waals surface area contributed by atoms with Gasteiger partial charge in [-0.15, -0.1) is 0 Å². The van der Waals surface area contributed by atoms with E-state index in [1.807, 2.05) is 20.2 Å². The molecule has 0 saturated heterocycles. The number of hydrogen-bond donors (Lipinski definition) is 1. The molecule has 1 aliphatic carbocycles. The van der Waals surface area contributed by atoms with Gasteiger partial charge in [0.1, 0.15) is 0 Å². The third kappa shape index (κ3) is 2.65. The van der Waals surface area contributed by atoms with E-state index < -0.39 is 0 Å². The molecule has 1 saturated carbocycles. The Kier molecular flexibility index (Phi) is 2.86. The van der Waals surface area contributed by atoms with Crippen LogP contribution < -0.4 is 5.56 Å². The van der Waals surface area contributed by atoms with Gasteiger partial charge in [0, 0.05) is 18.5 Å². The highest BCUT2D eigenvalue weighted by Crippen LogP contribution is 2.38. The molecule has 82 valence electrons. The van der Waals surface area contributed by atoms with E-state index >= 15 is 0 Å². The Morgan fingerprint density at radius 2 is 2.27 bits per heavy atom. The van der Waals surface area contributed by atoms with E-state index in [4.69, 9.17) is 0 Å². The smallest absolute Gasteiger partial charge is 0.267 e. The second-order valence-corrected chi connectivity index (χ2v) is 4.47. The van der Waals surface area contributed by atoms with Crippen molar-refractivity contribution in [2.75, 3.05) is 20.6 Å². The summed E-state index contributed by atoms with van der Waals surface area (Å²) in [6.07, 6.45) is 3.20. The van der Waals surface area contributed by atoms with Crippen LogP contribution in [0.25, 0.3) is 0 Å². The summed E-state index contributed by atoms with van der Waals surface area (Å²) >= 11 is 0. The van der Waals surface area contributed by atoms with E-state index in [0.29, 0.717) is 5.92 Å². The molecule has 1 aromatic rings. The fourth-order valence-corrected chi connectivity index (χ4v) is 1.63. The molecule has 2 rings (SSSR count). The van der Waals surface area contributed by atoms with Gasteiger partial charge < -0.3 is 4.90 Å². The maximum atomic E-state index is 11.5. The molecule has 0 unspecified atom stereocenters. The minimum atomic E-state index is -0.00824. The number of aromatic nitrogens is 2. The number of rotatable bonds is 4. The SMILES string of the molecule is CN(C)CCc1cc(C2CC2)c(=O)[nH]n1. The summed E-state index contributed by atoms with van der Waals surface area (Å²) in [5.74, 6) is 0.495. The number of nitrogens with zero attached hydrogens (tertiary/aromatic N) is 2. The van der Waals surface area contributed by atoms with Gasteiger partial charge in [0.25, 0.3) is 5.56 Å². The number of aromatic amines is 1. The molecule has 1 fully saturated rings. The van der Waals surface area contributed by atoms with Crippen molar-refractivity contribution in [3.05, 3.63) is 27.7 Å². The molecular weight excluding hydrogens is 190 g/mol. The average Bonchev–Trinajstić information content (AvgIpc) is 3.00. The summed E-state index contributed by atoms with van der Waals surface area (Å²) in [6.45, 7) is 0.961. The van der Waals surface area contributed by atoms with Crippen LogP contribution in [0.1, 0.15) is 30.0 Å². The Hall–Kier alpha value is -1.16. The Morgan fingerprint density at radius 1 is 1.53 bits per heavy atom. The minimum Gasteiger partial charge on any atom is -0.309 e. The quantitative estimate of drug-likeness (QED) is 0.792. The van der Waals surface area contributed by atoms with Gasteiger partial charge in [-0.3, -0.25) is 4.79 Å². The van der Waals surface area contributed by atoms with Gasteiger partial charge in [-0.2, -0.15) is 5.10 Å². The van der Waals surface area contributed by atoms with E-state index in [1.54, 1.807) is 0 Å². The van der Waals surface area contributed by atoms with Crippen molar-refractivity contribution in [3.8, 4) is 0 Å². The van der Waals surface area contributed by atoms with Crippen molar-refractivity contribution in [1.82, 2.24) is 15.1 Å². The summed E-state index contributed by atoms with van der Waals surface area (Å²) in [4.78, 5) is 13.6. The normalized spacial score (nSPS) is 15.9. The van der Waals surface area contributed by atoms with E-state index in [2.05, 4.69) is 15.1 Å². The first-order chi connectivity index (χ1) is 7.16. The lowest BCUT2D eigenvalue weighted by Gasteiger charge is -2.08. The van der Waals surface area contributed by atoms with Gasteiger partial charge in [-0.05, 0) is 38.9 Å². The van der Waals surface area contributed by atoms with Crippen LogP contribution in [0, 0.1) is 0 Å². The molecule has 0 amide bonds. The van der Waals surface area contributed by atoms with Crippen LogP contribution >= 0.6 is 0 Å². The zero-order valence-corrected chi connectivity index (χ0v) is 9.29. The lowest BCUT2D eigenvalue weighted by Crippen LogP contribution is -2.19. The standard InChI is InChI=1S/C11H17N3O/c1-14(2)6-5-9-7-10(8-3-4-8)11(15)13-12-9/h7-8H,3-6H2,1-2H3,(H,13,15). The molecule has 1 heterocycles. The van der Waals surface area contributed by atoms with Crippen molar-refractivity contribution in [1.29, 1.82) is 0 Å². The fraction of sp³-hybridized carbons (Fsp3) is 0.636. The number of hydrogen-bond acceptors (Lipinski definition) is 3. The second-order valence-electron chi connectivity index (χ2n) is 4.47. The molecule has 0 aliphatic heterocycles. The van der Waals surface area contributed by atoms with Gasteiger partial charge in [-0.25, -0.2) is 5.10 Å². The average molecular weight is 207 g/mol. The van der Waals surface area contributed by atoms with E-state index in [-0.39, 0.29) is 5.56 Å². The van der Waals surface area contributed by atoms with Crippen molar-refractivity contribution < 1.29 is 0 Å². The van der Waals surface area contributed by atoms with Gasteiger partial charge in [0.2, 0.25) is 0 Å². The molecule has 0 spiro atoms. The fourth-order valence-electron chi connectivity index (χ4n) is 1.63. The zero-order chi connectivity index (χ0) is 10.8. The van der Waals surface area contributed by atoms with Crippen molar-refractivity contribution in [2.45, 2.75) is 25.2 Å². The Morgan fingerprint density at radius 3 is 2.87 bits per heavy atom. The molecular formula is C11H17N3O. The maximum absolute atomic E-state index is 11.5. The first-order valence-electron chi connectivity index (χ1n) is 5.40. The highest BCUT2D eigenvalue weighted by molar-refractivity contribution is 5.22. The third-order valence-electron chi connectivity index (χ3n) is 2.72. The first-order valence-corrected chi connectivity index (χ1v) is 5.40. The minimum absolute atomic E-state index is 0.00824. The molecule has 1 aliphatic rings. The van der Waals surface area contributed by atoms with E-state index in [0.717, 1.165) is 37.1 Å². The Bertz CT molecular complexity index is 393. The van der Waals surface area contributed by atoms with Crippen LogP contribution in [0.3, 0.4) is 0 Å². The maximum Gasteiger partial charge on any atom is 0.267 e. The van der Waals surface area contributed by atoms with Crippen LogP contribution in [0.15, 0.2) is 10.9 Å².